The van der Waals surface area contributed by atoms with Crippen LogP contribution in [0.15, 0.2) is 35.1 Å². The van der Waals surface area contributed by atoms with E-state index in [1.54, 1.807) is 0 Å². The van der Waals surface area contributed by atoms with E-state index in [0.717, 1.165) is 12.1 Å². The minimum absolute atomic E-state index is 0.0694. The van der Waals surface area contributed by atoms with Gasteiger partial charge in [-0.25, -0.2) is 9.49 Å². The molecule has 0 radical (unpaired) electrons. The highest BCUT2D eigenvalue weighted by Gasteiger charge is 2.34. The molecule has 0 atom stereocenters. The Kier molecular flexibility index (Phi) is 2.90. The second-order valence-corrected chi connectivity index (χ2v) is 3.50. The molecular weight excluding hydrogens is 252 g/mol. The number of H-pyrrole nitrogens is 1. The predicted molar refractivity (Wildman–Crippen MR) is 55.3 cm³/mol. The normalized spacial score (nSPS) is 11.6. The van der Waals surface area contributed by atoms with Gasteiger partial charge in [0.1, 0.15) is 5.82 Å². The summed E-state index contributed by atoms with van der Waals surface area (Å²) >= 11 is 0. The summed E-state index contributed by atoms with van der Waals surface area (Å²) in [5.41, 5.74) is -1.65. The second kappa shape index (κ2) is 4.25. The Morgan fingerprint density at radius 3 is 2.39 bits per heavy atom. The van der Waals surface area contributed by atoms with Crippen molar-refractivity contribution < 1.29 is 17.6 Å². The van der Waals surface area contributed by atoms with Gasteiger partial charge in [-0.3, -0.25) is 4.79 Å². The van der Waals surface area contributed by atoms with Gasteiger partial charge in [0.25, 0.3) is 5.56 Å². The van der Waals surface area contributed by atoms with E-state index in [1.165, 1.54) is 6.07 Å². The molecule has 7 heteroatoms. The molecule has 0 spiro atoms. The zero-order valence-corrected chi connectivity index (χ0v) is 8.75. The van der Waals surface area contributed by atoms with Crippen LogP contribution in [-0.2, 0) is 6.18 Å². The van der Waals surface area contributed by atoms with Gasteiger partial charge in [-0.1, -0.05) is 0 Å². The predicted octanol–water partition coefficient (Wildman–Crippen LogP) is 2.59. The number of rotatable bonds is 1. The summed E-state index contributed by atoms with van der Waals surface area (Å²) in [5.74, 6) is -1.35. The van der Waals surface area contributed by atoms with Gasteiger partial charge in [0.2, 0.25) is 0 Å². The number of alkyl halides is 3. The number of halogens is 4. The molecule has 0 aliphatic carbocycles. The van der Waals surface area contributed by atoms with Crippen molar-refractivity contribution >= 4 is 0 Å². The van der Waals surface area contributed by atoms with E-state index in [1.807, 2.05) is 0 Å². The number of aromatic amines is 1. The fraction of sp³-hybridized carbons (Fsp3) is 0.0909. The highest BCUT2D eigenvalue weighted by Crippen LogP contribution is 2.33. The second-order valence-electron chi connectivity index (χ2n) is 3.50. The third-order valence-corrected chi connectivity index (χ3v) is 2.25. The Bertz CT molecular complexity index is 613. The molecular formula is C11H6F4N2O. The molecule has 0 unspecified atom stereocenters. The summed E-state index contributed by atoms with van der Waals surface area (Å²) in [5, 5.41) is 5.66. The van der Waals surface area contributed by atoms with Crippen molar-refractivity contribution in [1.82, 2.24) is 10.2 Å². The molecule has 1 aromatic carbocycles. The topological polar surface area (TPSA) is 45.8 Å². The highest BCUT2D eigenvalue weighted by molar-refractivity contribution is 5.59. The summed E-state index contributed by atoms with van der Waals surface area (Å²) in [4.78, 5) is 10.8. The summed E-state index contributed by atoms with van der Waals surface area (Å²) < 4.78 is 50.5. The van der Waals surface area contributed by atoms with E-state index in [9.17, 15) is 22.4 Å². The van der Waals surface area contributed by atoms with Crippen LogP contribution in [0.3, 0.4) is 0 Å². The summed E-state index contributed by atoms with van der Waals surface area (Å²) in [6, 6.07) is 4.90. The summed E-state index contributed by atoms with van der Waals surface area (Å²) in [7, 11) is 0. The lowest BCUT2D eigenvalue weighted by atomic mass is 10.1. The maximum absolute atomic E-state index is 13.0. The van der Waals surface area contributed by atoms with E-state index >= 15 is 0 Å². The third-order valence-electron chi connectivity index (χ3n) is 2.25. The van der Waals surface area contributed by atoms with Crippen LogP contribution in [0.1, 0.15) is 5.56 Å². The molecule has 0 fully saturated rings. The first-order valence-corrected chi connectivity index (χ1v) is 4.81. The maximum Gasteiger partial charge on any atom is 0.419 e. The SMILES string of the molecule is O=c1ccc(-c2ccc(F)c(C(F)(F)F)c2)n[nH]1. The number of nitrogens with zero attached hydrogens (tertiary/aromatic N) is 1. The van der Waals surface area contributed by atoms with Gasteiger partial charge < -0.3 is 0 Å². The van der Waals surface area contributed by atoms with Gasteiger partial charge in [0.05, 0.1) is 11.3 Å². The first kappa shape index (κ1) is 12.3. The van der Waals surface area contributed by atoms with Crippen molar-refractivity contribution in [1.29, 1.82) is 0 Å². The van der Waals surface area contributed by atoms with Gasteiger partial charge in [-0.2, -0.15) is 18.3 Å². The largest absolute Gasteiger partial charge is 0.419 e. The van der Waals surface area contributed by atoms with Crippen LogP contribution >= 0.6 is 0 Å². The Hall–Kier alpha value is -2.18. The average molecular weight is 258 g/mol. The lowest BCUT2D eigenvalue weighted by molar-refractivity contribution is -0.139. The molecule has 0 aliphatic heterocycles. The Labute approximate surface area is 98.1 Å². The average Bonchev–Trinajstić information content (AvgIpc) is 2.29. The van der Waals surface area contributed by atoms with E-state index in [-0.39, 0.29) is 11.3 Å². The van der Waals surface area contributed by atoms with Crippen molar-refractivity contribution in [3.63, 3.8) is 0 Å². The number of hydrogen-bond acceptors (Lipinski definition) is 2. The first-order valence-electron chi connectivity index (χ1n) is 4.81. The van der Waals surface area contributed by atoms with Crippen molar-refractivity contribution in [2.24, 2.45) is 0 Å². The van der Waals surface area contributed by atoms with Gasteiger partial charge in [-0.15, -0.1) is 0 Å². The zero-order chi connectivity index (χ0) is 13.3. The standard InChI is InChI=1S/C11H6F4N2O/c12-8-2-1-6(5-7(8)11(13,14)15)9-3-4-10(18)17-16-9/h1-5H,(H,17,18). The van der Waals surface area contributed by atoms with Gasteiger partial charge >= 0.3 is 6.18 Å². The monoisotopic (exact) mass is 258 g/mol. The molecule has 2 aromatic rings. The van der Waals surface area contributed by atoms with Crippen LogP contribution in [0.5, 0.6) is 0 Å². The van der Waals surface area contributed by atoms with Crippen LogP contribution in [0.2, 0.25) is 0 Å². The molecule has 0 bridgehead atoms. The van der Waals surface area contributed by atoms with Crippen molar-refractivity contribution in [2.45, 2.75) is 6.18 Å². The van der Waals surface area contributed by atoms with Crippen LogP contribution < -0.4 is 5.56 Å². The zero-order valence-electron chi connectivity index (χ0n) is 8.75. The van der Waals surface area contributed by atoms with E-state index in [2.05, 4.69) is 10.2 Å². The quantitative estimate of drug-likeness (QED) is 0.799. The molecule has 3 nitrogen and oxygen atoms in total. The molecule has 2 rings (SSSR count). The number of aromatic nitrogens is 2. The van der Waals surface area contributed by atoms with E-state index in [0.29, 0.717) is 12.1 Å². The smallest absolute Gasteiger partial charge is 0.268 e. The van der Waals surface area contributed by atoms with Gasteiger partial charge in [0, 0.05) is 11.6 Å². The van der Waals surface area contributed by atoms with E-state index < -0.39 is 23.1 Å². The summed E-state index contributed by atoms with van der Waals surface area (Å²) in [6.07, 6.45) is -4.78. The molecule has 18 heavy (non-hydrogen) atoms. The molecule has 0 amide bonds. The molecule has 0 saturated carbocycles. The van der Waals surface area contributed by atoms with Crippen LogP contribution in [0.25, 0.3) is 11.3 Å². The minimum atomic E-state index is -4.78. The van der Waals surface area contributed by atoms with Gasteiger partial charge in [0.15, 0.2) is 0 Å². The van der Waals surface area contributed by atoms with Gasteiger partial charge in [-0.05, 0) is 24.3 Å². The van der Waals surface area contributed by atoms with Crippen molar-refractivity contribution in [2.75, 3.05) is 0 Å². The lowest BCUT2D eigenvalue weighted by Gasteiger charge is -2.09. The fourth-order valence-electron chi connectivity index (χ4n) is 1.41. The number of benzene rings is 1. The number of hydrogen-bond donors (Lipinski definition) is 1. The minimum Gasteiger partial charge on any atom is -0.268 e. The van der Waals surface area contributed by atoms with Crippen molar-refractivity contribution in [3.8, 4) is 11.3 Å². The van der Waals surface area contributed by atoms with Crippen LogP contribution in [0.4, 0.5) is 17.6 Å². The fourth-order valence-corrected chi connectivity index (χ4v) is 1.41. The van der Waals surface area contributed by atoms with Crippen LogP contribution in [-0.4, -0.2) is 10.2 Å². The molecule has 1 heterocycles. The van der Waals surface area contributed by atoms with Crippen LogP contribution in [0, 0.1) is 5.82 Å². The third kappa shape index (κ3) is 2.39. The highest BCUT2D eigenvalue weighted by atomic mass is 19.4. The van der Waals surface area contributed by atoms with E-state index in [4.69, 9.17) is 0 Å². The molecule has 0 aliphatic rings. The Morgan fingerprint density at radius 1 is 1.11 bits per heavy atom. The van der Waals surface area contributed by atoms with Crippen molar-refractivity contribution in [3.05, 3.63) is 52.1 Å². The Balaban J connectivity index is 2.54. The molecule has 0 saturated heterocycles. The first-order chi connectivity index (χ1) is 8.38. The molecule has 94 valence electrons. The maximum atomic E-state index is 13.0. The molecule has 1 N–H and O–H groups in total. The molecule has 1 aromatic heterocycles. The lowest BCUT2D eigenvalue weighted by Crippen LogP contribution is -2.09. The number of nitrogens with one attached hydrogen (secondary N) is 1. The summed E-state index contributed by atoms with van der Waals surface area (Å²) in [6.45, 7) is 0. The Morgan fingerprint density at radius 2 is 1.83 bits per heavy atom.